The van der Waals surface area contributed by atoms with Crippen LogP contribution in [0.4, 0.5) is 5.69 Å². The van der Waals surface area contributed by atoms with Crippen molar-refractivity contribution >= 4 is 52.2 Å². The van der Waals surface area contributed by atoms with Gasteiger partial charge in [0.15, 0.2) is 5.17 Å². The topological polar surface area (TPSA) is 62.2 Å². The Bertz CT molecular complexity index is 1280. The van der Waals surface area contributed by atoms with Gasteiger partial charge in [0.1, 0.15) is 5.75 Å². The lowest BCUT2D eigenvalue weighted by atomic mass is 10.2. The SMILES string of the molecule is O=C1N=C(N2CCN(c3ccc(Cl)cc3)CC2)S/C1=C\c1ccc(OC(=O)c2ccccc2)cc1. The Hall–Kier alpha value is -3.55. The molecule has 0 spiro atoms. The summed E-state index contributed by atoms with van der Waals surface area (Å²) < 4.78 is 5.42. The fourth-order valence-electron chi connectivity index (χ4n) is 3.86. The molecule has 0 bridgehead atoms. The van der Waals surface area contributed by atoms with E-state index < -0.39 is 5.97 Å². The van der Waals surface area contributed by atoms with Gasteiger partial charge in [-0.3, -0.25) is 4.79 Å². The van der Waals surface area contributed by atoms with Crippen molar-refractivity contribution in [2.75, 3.05) is 31.1 Å². The van der Waals surface area contributed by atoms with Gasteiger partial charge in [0.2, 0.25) is 0 Å². The summed E-state index contributed by atoms with van der Waals surface area (Å²) in [6.45, 7) is 3.27. The summed E-state index contributed by atoms with van der Waals surface area (Å²) in [6, 6.07) is 23.8. The molecule has 2 heterocycles. The number of thioether (sulfide) groups is 1. The molecule has 1 saturated heterocycles. The van der Waals surface area contributed by atoms with Crippen LogP contribution < -0.4 is 9.64 Å². The number of nitrogens with zero attached hydrogens (tertiary/aromatic N) is 3. The normalized spacial score (nSPS) is 17.0. The fourth-order valence-corrected chi connectivity index (χ4v) is 4.96. The van der Waals surface area contributed by atoms with Crippen LogP contribution in [0.25, 0.3) is 6.08 Å². The molecule has 0 aliphatic carbocycles. The maximum absolute atomic E-state index is 12.5. The van der Waals surface area contributed by atoms with E-state index in [2.05, 4.69) is 14.8 Å². The molecule has 8 heteroatoms. The number of halogens is 1. The van der Waals surface area contributed by atoms with E-state index >= 15 is 0 Å². The number of aliphatic imine (C=N–C) groups is 1. The van der Waals surface area contributed by atoms with Crippen molar-refractivity contribution in [2.24, 2.45) is 4.99 Å². The van der Waals surface area contributed by atoms with Gasteiger partial charge < -0.3 is 14.5 Å². The number of carbonyl (C=O) groups is 2. The third-order valence-electron chi connectivity index (χ3n) is 5.75. The van der Waals surface area contributed by atoms with Crippen LogP contribution in [0.15, 0.2) is 88.8 Å². The van der Waals surface area contributed by atoms with E-state index in [1.165, 1.54) is 11.8 Å². The number of ether oxygens (including phenoxy) is 1. The standard InChI is InChI=1S/C27H22ClN3O3S/c28-21-8-10-22(11-9-21)30-14-16-31(17-15-30)27-29-25(32)24(35-27)18-19-6-12-23(13-7-19)34-26(33)20-4-2-1-3-5-20/h1-13,18H,14-17H2/b24-18-. The van der Waals surface area contributed by atoms with Crippen molar-refractivity contribution in [3.05, 3.63) is 99.9 Å². The summed E-state index contributed by atoms with van der Waals surface area (Å²) in [4.78, 5) is 34.1. The number of anilines is 1. The van der Waals surface area contributed by atoms with E-state index in [1.807, 2.05) is 48.5 Å². The lowest BCUT2D eigenvalue weighted by molar-refractivity contribution is -0.113. The predicted molar refractivity (Wildman–Crippen MR) is 141 cm³/mol. The summed E-state index contributed by atoms with van der Waals surface area (Å²) >= 11 is 7.39. The summed E-state index contributed by atoms with van der Waals surface area (Å²) in [6.07, 6.45) is 1.82. The highest BCUT2D eigenvalue weighted by Crippen LogP contribution is 2.31. The number of carbonyl (C=O) groups excluding carboxylic acids is 2. The van der Waals surface area contributed by atoms with Gasteiger partial charge >= 0.3 is 5.97 Å². The second-order valence-corrected chi connectivity index (χ2v) is 9.53. The second-order valence-electron chi connectivity index (χ2n) is 8.09. The van der Waals surface area contributed by atoms with Gasteiger partial charge in [0.05, 0.1) is 10.5 Å². The van der Waals surface area contributed by atoms with Crippen LogP contribution in [0.2, 0.25) is 5.02 Å². The van der Waals surface area contributed by atoms with Crippen LogP contribution in [0, 0.1) is 0 Å². The molecule has 0 aromatic heterocycles. The molecule has 0 N–H and O–H groups in total. The molecule has 0 unspecified atom stereocenters. The molecule has 1 fully saturated rings. The molecule has 6 nitrogen and oxygen atoms in total. The van der Waals surface area contributed by atoms with E-state index in [0.717, 1.165) is 47.6 Å². The smallest absolute Gasteiger partial charge is 0.343 e. The van der Waals surface area contributed by atoms with Crippen LogP contribution in [-0.4, -0.2) is 48.1 Å². The number of amidine groups is 1. The van der Waals surface area contributed by atoms with Crippen molar-refractivity contribution in [3.8, 4) is 5.75 Å². The maximum Gasteiger partial charge on any atom is 0.343 e. The van der Waals surface area contributed by atoms with Crippen LogP contribution in [0.3, 0.4) is 0 Å². The largest absolute Gasteiger partial charge is 0.423 e. The van der Waals surface area contributed by atoms with Crippen molar-refractivity contribution in [1.82, 2.24) is 4.90 Å². The highest BCUT2D eigenvalue weighted by atomic mass is 35.5. The lowest BCUT2D eigenvalue weighted by Crippen LogP contribution is -2.47. The third-order valence-corrected chi connectivity index (χ3v) is 7.05. The van der Waals surface area contributed by atoms with Crippen molar-refractivity contribution < 1.29 is 14.3 Å². The van der Waals surface area contributed by atoms with Gasteiger partial charge in [-0.1, -0.05) is 41.9 Å². The number of amides is 1. The highest BCUT2D eigenvalue weighted by molar-refractivity contribution is 8.18. The first-order valence-electron chi connectivity index (χ1n) is 11.2. The van der Waals surface area contributed by atoms with Gasteiger partial charge in [0, 0.05) is 36.9 Å². The van der Waals surface area contributed by atoms with Gasteiger partial charge in [-0.2, -0.15) is 4.99 Å². The Morgan fingerprint density at radius 2 is 1.54 bits per heavy atom. The van der Waals surface area contributed by atoms with E-state index in [4.69, 9.17) is 16.3 Å². The van der Waals surface area contributed by atoms with E-state index in [1.54, 1.807) is 36.4 Å². The Morgan fingerprint density at radius 3 is 2.23 bits per heavy atom. The average Bonchev–Trinajstić information content (AvgIpc) is 3.26. The Kier molecular flexibility index (Phi) is 6.88. The number of benzene rings is 3. The lowest BCUT2D eigenvalue weighted by Gasteiger charge is -2.36. The minimum atomic E-state index is -0.410. The quantitative estimate of drug-likeness (QED) is 0.271. The molecular formula is C27H22ClN3O3S. The molecule has 1 amide bonds. The van der Waals surface area contributed by atoms with Gasteiger partial charge in [-0.15, -0.1) is 0 Å². The summed E-state index contributed by atoms with van der Waals surface area (Å²) in [7, 11) is 0. The second kappa shape index (κ2) is 10.4. The monoisotopic (exact) mass is 503 g/mol. The van der Waals surface area contributed by atoms with Crippen molar-refractivity contribution in [2.45, 2.75) is 0 Å². The number of hydrogen-bond acceptors (Lipinski definition) is 6. The Morgan fingerprint density at radius 1 is 0.886 bits per heavy atom. The number of hydrogen-bond donors (Lipinski definition) is 0. The van der Waals surface area contributed by atoms with Gasteiger partial charge in [-0.25, -0.2) is 4.79 Å². The minimum absolute atomic E-state index is 0.232. The molecule has 3 aromatic rings. The molecular weight excluding hydrogens is 482 g/mol. The maximum atomic E-state index is 12.5. The number of esters is 1. The molecule has 0 saturated carbocycles. The molecule has 5 rings (SSSR count). The molecule has 0 atom stereocenters. The first-order chi connectivity index (χ1) is 17.0. The summed E-state index contributed by atoms with van der Waals surface area (Å²) in [5.74, 6) is -0.195. The predicted octanol–water partition coefficient (Wildman–Crippen LogP) is 5.35. The number of piperazine rings is 1. The first-order valence-corrected chi connectivity index (χ1v) is 12.4. The number of rotatable bonds is 4. The molecule has 176 valence electrons. The first kappa shape index (κ1) is 23.2. The molecule has 2 aliphatic rings. The van der Waals surface area contributed by atoms with Crippen molar-refractivity contribution in [3.63, 3.8) is 0 Å². The third kappa shape index (κ3) is 5.58. The minimum Gasteiger partial charge on any atom is -0.423 e. The van der Waals surface area contributed by atoms with E-state index in [-0.39, 0.29) is 5.91 Å². The van der Waals surface area contributed by atoms with E-state index in [9.17, 15) is 9.59 Å². The zero-order chi connectivity index (χ0) is 24.2. The fraction of sp³-hybridized carbons (Fsp3) is 0.148. The van der Waals surface area contributed by atoms with E-state index in [0.29, 0.717) is 16.2 Å². The van der Waals surface area contributed by atoms with Crippen LogP contribution in [0.5, 0.6) is 5.75 Å². The summed E-state index contributed by atoms with van der Waals surface area (Å²) in [5.41, 5.74) is 2.47. The van der Waals surface area contributed by atoms with Crippen LogP contribution >= 0.6 is 23.4 Å². The molecule has 0 radical (unpaired) electrons. The molecule has 35 heavy (non-hydrogen) atoms. The highest BCUT2D eigenvalue weighted by Gasteiger charge is 2.28. The molecule has 2 aliphatic heterocycles. The molecule has 3 aromatic carbocycles. The van der Waals surface area contributed by atoms with Crippen LogP contribution in [0.1, 0.15) is 15.9 Å². The Labute approximate surface area is 212 Å². The van der Waals surface area contributed by atoms with Gasteiger partial charge in [-0.05, 0) is 71.9 Å². The van der Waals surface area contributed by atoms with Crippen LogP contribution in [-0.2, 0) is 4.79 Å². The zero-order valence-electron chi connectivity index (χ0n) is 18.8. The zero-order valence-corrected chi connectivity index (χ0v) is 20.3. The Balaban J connectivity index is 1.17. The average molecular weight is 504 g/mol. The summed E-state index contributed by atoms with van der Waals surface area (Å²) in [5, 5.41) is 1.47. The van der Waals surface area contributed by atoms with Gasteiger partial charge in [0.25, 0.3) is 5.91 Å². The van der Waals surface area contributed by atoms with Crippen molar-refractivity contribution in [1.29, 1.82) is 0 Å².